The molecule has 0 spiro atoms. The minimum absolute atomic E-state index is 0.278. The maximum Gasteiger partial charge on any atom is 0.319 e. The van der Waals surface area contributed by atoms with Crippen molar-refractivity contribution in [3.05, 3.63) is 53.2 Å². The van der Waals surface area contributed by atoms with Crippen LogP contribution in [0.15, 0.2) is 46.3 Å². The molecule has 0 aliphatic heterocycles. The summed E-state index contributed by atoms with van der Waals surface area (Å²) in [6, 6.07) is 11.2. The van der Waals surface area contributed by atoms with Crippen LogP contribution in [0.4, 0.5) is 10.5 Å². The number of benzene rings is 1. The standard InChI is InChI=1S/C15H14N4O2S/c1-10-17-14(21-19-10)13-12(7-8-22-13)18-15(20)16-9-11-5-3-2-4-6-11/h2-8H,9H2,1H3,(H2,16,18,20). The first kappa shape index (κ1) is 14.3. The van der Waals surface area contributed by atoms with Gasteiger partial charge in [0, 0.05) is 6.54 Å². The Bertz CT molecular complexity index is 767. The number of nitrogens with one attached hydrogen (secondary N) is 2. The van der Waals surface area contributed by atoms with Crippen molar-refractivity contribution in [1.82, 2.24) is 15.5 Å². The van der Waals surface area contributed by atoms with Crippen molar-refractivity contribution < 1.29 is 9.32 Å². The predicted molar refractivity (Wildman–Crippen MR) is 84.6 cm³/mol. The van der Waals surface area contributed by atoms with Gasteiger partial charge in [0.25, 0.3) is 5.89 Å². The van der Waals surface area contributed by atoms with Crippen LogP contribution in [0.2, 0.25) is 0 Å². The smallest absolute Gasteiger partial charge is 0.319 e. The van der Waals surface area contributed by atoms with E-state index in [1.165, 1.54) is 11.3 Å². The molecule has 3 rings (SSSR count). The fourth-order valence-corrected chi connectivity index (χ4v) is 2.68. The van der Waals surface area contributed by atoms with Gasteiger partial charge in [0.2, 0.25) is 0 Å². The zero-order valence-electron chi connectivity index (χ0n) is 11.9. The number of carbonyl (C=O) groups excluding carboxylic acids is 1. The molecule has 6 nitrogen and oxygen atoms in total. The molecule has 2 N–H and O–H groups in total. The molecule has 0 aliphatic rings. The lowest BCUT2D eigenvalue weighted by atomic mass is 10.2. The van der Waals surface area contributed by atoms with E-state index >= 15 is 0 Å². The van der Waals surface area contributed by atoms with Crippen LogP contribution in [-0.2, 0) is 6.54 Å². The topological polar surface area (TPSA) is 80.0 Å². The van der Waals surface area contributed by atoms with Crippen LogP contribution in [0.1, 0.15) is 11.4 Å². The van der Waals surface area contributed by atoms with Crippen molar-refractivity contribution in [3.8, 4) is 10.8 Å². The van der Waals surface area contributed by atoms with Gasteiger partial charge in [-0.15, -0.1) is 11.3 Å². The van der Waals surface area contributed by atoms with Gasteiger partial charge < -0.3 is 15.2 Å². The van der Waals surface area contributed by atoms with E-state index in [0.717, 1.165) is 10.4 Å². The van der Waals surface area contributed by atoms with Gasteiger partial charge in [-0.05, 0) is 23.9 Å². The molecule has 7 heteroatoms. The molecule has 22 heavy (non-hydrogen) atoms. The maximum absolute atomic E-state index is 12.0. The van der Waals surface area contributed by atoms with Crippen molar-refractivity contribution in [2.75, 3.05) is 5.32 Å². The van der Waals surface area contributed by atoms with Gasteiger partial charge >= 0.3 is 6.03 Å². The minimum Gasteiger partial charge on any atom is -0.334 e. The number of rotatable bonds is 4. The fraction of sp³-hybridized carbons (Fsp3) is 0.133. The van der Waals surface area contributed by atoms with Crippen LogP contribution >= 0.6 is 11.3 Å². The molecule has 0 bridgehead atoms. The molecule has 1 aromatic carbocycles. The Hall–Kier alpha value is -2.67. The van der Waals surface area contributed by atoms with E-state index in [0.29, 0.717) is 23.9 Å². The third-order valence-corrected chi connectivity index (χ3v) is 3.83. The third kappa shape index (κ3) is 3.32. The number of aryl methyl sites for hydroxylation is 1. The molecule has 2 aromatic heterocycles. The lowest BCUT2D eigenvalue weighted by Gasteiger charge is -2.07. The first-order valence-electron chi connectivity index (χ1n) is 6.69. The van der Waals surface area contributed by atoms with Crippen molar-refractivity contribution in [3.63, 3.8) is 0 Å². The van der Waals surface area contributed by atoms with Crippen molar-refractivity contribution in [2.24, 2.45) is 0 Å². The second-order valence-electron chi connectivity index (χ2n) is 4.60. The van der Waals surface area contributed by atoms with Gasteiger partial charge in [-0.3, -0.25) is 0 Å². The summed E-state index contributed by atoms with van der Waals surface area (Å²) in [4.78, 5) is 16.9. The zero-order valence-corrected chi connectivity index (χ0v) is 12.7. The summed E-state index contributed by atoms with van der Waals surface area (Å²) in [6.07, 6.45) is 0. The highest BCUT2D eigenvalue weighted by molar-refractivity contribution is 7.14. The lowest BCUT2D eigenvalue weighted by molar-refractivity contribution is 0.252. The molecule has 0 atom stereocenters. The van der Waals surface area contributed by atoms with E-state index in [9.17, 15) is 4.79 Å². The summed E-state index contributed by atoms with van der Waals surface area (Å²) < 4.78 is 5.14. The summed E-state index contributed by atoms with van der Waals surface area (Å²) in [5, 5.41) is 11.2. The van der Waals surface area contributed by atoms with Gasteiger partial charge in [-0.25, -0.2) is 4.79 Å². The van der Waals surface area contributed by atoms with E-state index in [1.54, 1.807) is 6.92 Å². The van der Waals surface area contributed by atoms with E-state index < -0.39 is 0 Å². The molecule has 2 amide bonds. The number of thiophene rings is 1. The van der Waals surface area contributed by atoms with Gasteiger partial charge in [-0.2, -0.15) is 4.98 Å². The molecule has 0 fully saturated rings. The van der Waals surface area contributed by atoms with Gasteiger partial charge in [0.1, 0.15) is 4.88 Å². The fourth-order valence-electron chi connectivity index (χ4n) is 1.91. The van der Waals surface area contributed by atoms with Gasteiger partial charge in [-0.1, -0.05) is 35.5 Å². The monoisotopic (exact) mass is 314 g/mol. The quantitative estimate of drug-likeness (QED) is 0.773. The normalized spacial score (nSPS) is 10.4. The maximum atomic E-state index is 12.0. The SMILES string of the molecule is Cc1noc(-c2sccc2NC(=O)NCc2ccccc2)n1. The average Bonchev–Trinajstić information content (AvgIpc) is 3.15. The van der Waals surface area contributed by atoms with Crippen molar-refractivity contribution in [1.29, 1.82) is 0 Å². The average molecular weight is 314 g/mol. The highest BCUT2D eigenvalue weighted by Crippen LogP contribution is 2.32. The number of aromatic nitrogens is 2. The third-order valence-electron chi connectivity index (χ3n) is 2.93. The summed E-state index contributed by atoms with van der Waals surface area (Å²) >= 11 is 1.43. The van der Waals surface area contributed by atoms with E-state index in [1.807, 2.05) is 41.8 Å². The first-order valence-corrected chi connectivity index (χ1v) is 7.57. The molecule has 0 saturated heterocycles. The number of nitrogens with zero attached hydrogens (tertiary/aromatic N) is 2. The van der Waals surface area contributed by atoms with E-state index in [4.69, 9.17) is 4.52 Å². The predicted octanol–water partition coefficient (Wildman–Crippen LogP) is 3.43. The lowest BCUT2D eigenvalue weighted by Crippen LogP contribution is -2.28. The summed E-state index contributed by atoms with van der Waals surface area (Å²) in [5.74, 6) is 0.966. The molecular formula is C15H14N4O2S. The zero-order chi connectivity index (χ0) is 15.4. The Balaban J connectivity index is 1.64. The van der Waals surface area contributed by atoms with Crippen LogP contribution in [0, 0.1) is 6.92 Å². The first-order chi connectivity index (χ1) is 10.7. The highest BCUT2D eigenvalue weighted by atomic mass is 32.1. The Morgan fingerprint density at radius 3 is 2.82 bits per heavy atom. The molecule has 3 aromatic rings. The Labute approximate surface area is 131 Å². The number of urea groups is 1. The summed E-state index contributed by atoms with van der Waals surface area (Å²) in [5.41, 5.74) is 1.69. The van der Waals surface area contributed by atoms with Gasteiger partial charge in [0.15, 0.2) is 5.82 Å². The molecule has 0 radical (unpaired) electrons. The second kappa shape index (κ2) is 6.40. The van der Waals surface area contributed by atoms with Crippen LogP contribution < -0.4 is 10.6 Å². The van der Waals surface area contributed by atoms with Gasteiger partial charge in [0.05, 0.1) is 5.69 Å². The number of carbonyl (C=O) groups is 1. The number of amides is 2. The number of anilines is 1. The minimum atomic E-state index is -0.278. The van der Waals surface area contributed by atoms with Crippen molar-refractivity contribution >= 4 is 23.1 Å². The number of hydrogen-bond donors (Lipinski definition) is 2. The molecule has 0 aliphatic carbocycles. The Morgan fingerprint density at radius 2 is 2.09 bits per heavy atom. The van der Waals surface area contributed by atoms with Crippen molar-refractivity contribution in [2.45, 2.75) is 13.5 Å². The van der Waals surface area contributed by atoms with Crippen LogP contribution in [0.5, 0.6) is 0 Å². The Morgan fingerprint density at radius 1 is 1.27 bits per heavy atom. The van der Waals surface area contributed by atoms with Crippen LogP contribution in [0.25, 0.3) is 10.8 Å². The van der Waals surface area contributed by atoms with Crippen LogP contribution in [0.3, 0.4) is 0 Å². The molecule has 0 saturated carbocycles. The molecule has 2 heterocycles. The Kier molecular flexibility index (Phi) is 4.15. The largest absolute Gasteiger partial charge is 0.334 e. The summed E-state index contributed by atoms with van der Waals surface area (Å²) in [7, 11) is 0. The molecular weight excluding hydrogens is 300 g/mol. The van der Waals surface area contributed by atoms with E-state index in [-0.39, 0.29) is 6.03 Å². The second-order valence-corrected chi connectivity index (χ2v) is 5.52. The van der Waals surface area contributed by atoms with Crippen LogP contribution in [-0.4, -0.2) is 16.2 Å². The molecule has 112 valence electrons. The summed E-state index contributed by atoms with van der Waals surface area (Å²) in [6.45, 7) is 2.21. The number of hydrogen-bond acceptors (Lipinski definition) is 5. The molecule has 0 unspecified atom stereocenters. The highest BCUT2D eigenvalue weighted by Gasteiger charge is 2.15. The van der Waals surface area contributed by atoms with E-state index in [2.05, 4.69) is 20.8 Å².